The summed E-state index contributed by atoms with van der Waals surface area (Å²) in [6.07, 6.45) is 0. The van der Waals surface area contributed by atoms with Crippen LogP contribution in [0.1, 0.15) is 6.92 Å². The van der Waals surface area contributed by atoms with E-state index in [1.165, 1.54) is 11.3 Å². The van der Waals surface area contributed by atoms with Gasteiger partial charge in [-0.05, 0) is 31.2 Å². The number of fused-ring (bicyclic) bond motifs is 1. The van der Waals surface area contributed by atoms with Crippen LogP contribution in [-0.2, 0) is 11.3 Å². The lowest BCUT2D eigenvalue weighted by Crippen LogP contribution is -2.25. The third kappa shape index (κ3) is 3.41. The molecule has 0 saturated carbocycles. The first-order chi connectivity index (χ1) is 14.5. The average molecular weight is 405 g/mol. The summed E-state index contributed by atoms with van der Waals surface area (Å²) in [5.74, 6) is 1.18. The molecule has 152 valence electrons. The lowest BCUT2D eigenvalue weighted by Gasteiger charge is -2.12. The summed E-state index contributed by atoms with van der Waals surface area (Å²) in [5.41, 5.74) is 1.90. The number of carbonyl (C=O) groups is 1. The molecule has 0 unspecified atom stereocenters. The Kier molecular flexibility index (Phi) is 5.01. The summed E-state index contributed by atoms with van der Waals surface area (Å²) in [5, 5.41) is 12.6. The van der Waals surface area contributed by atoms with Crippen molar-refractivity contribution in [1.82, 2.24) is 24.4 Å². The normalized spacial score (nSPS) is 10.9. The van der Waals surface area contributed by atoms with E-state index in [-0.39, 0.29) is 18.1 Å². The number of rotatable bonds is 6. The highest BCUT2D eigenvalue weighted by Gasteiger charge is 2.21. The number of ether oxygens (including phenoxy) is 2. The molecule has 0 atom stereocenters. The molecule has 0 aliphatic rings. The van der Waals surface area contributed by atoms with Gasteiger partial charge in [-0.25, -0.2) is 13.9 Å². The lowest BCUT2D eigenvalue weighted by atomic mass is 10.0. The molecule has 30 heavy (non-hydrogen) atoms. The zero-order valence-corrected chi connectivity index (χ0v) is 16.7. The zero-order valence-electron chi connectivity index (χ0n) is 16.7. The van der Waals surface area contributed by atoms with Crippen molar-refractivity contribution in [3.05, 3.63) is 59.0 Å². The first-order valence-electron chi connectivity index (χ1n) is 9.16. The van der Waals surface area contributed by atoms with Crippen LogP contribution >= 0.6 is 0 Å². The smallest absolute Gasteiger partial charge is 0.352 e. The van der Waals surface area contributed by atoms with E-state index in [2.05, 4.69) is 15.3 Å². The SMILES string of the molecule is COc1cccc(-c2nnc3nn(CC(C)=O)c(=O)n3c2-c2cccc(OC)c2)c1. The fraction of sp³-hybridized carbons (Fsp3) is 0.190. The minimum Gasteiger partial charge on any atom is -0.497 e. The van der Waals surface area contributed by atoms with Crippen LogP contribution in [0, 0.1) is 0 Å². The van der Waals surface area contributed by atoms with Crippen LogP contribution < -0.4 is 15.2 Å². The highest BCUT2D eigenvalue weighted by Crippen LogP contribution is 2.32. The minimum atomic E-state index is -0.475. The first-order valence-corrected chi connectivity index (χ1v) is 9.16. The van der Waals surface area contributed by atoms with E-state index >= 15 is 0 Å². The zero-order chi connectivity index (χ0) is 21.3. The van der Waals surface area contributed by atoms with E-state index in [1.54, 1.807) is 20.3 Å². The number of benzene rings is 2. The van der Waals surface area contributed by atoms with E-state index in [4.69, 9.17) is 9.47 Å². The van der Waals surface area contributed by atoms with Gasteiger partial charge in [0.25, 0.3) is 5.78 Å². The lowest BCUT2D eigenvalue weighted by molar-refractivity contribution is -0.117. The molecule has 0 aliphatic carbocycles. The molecule has 0 fully saturated rings. The van der Waals surface area contributed by atoms with Gasteiger partial charge in [0.1, 0.15) is 23.7 Å². The van der Waals surface area contributed by atoms with Gasteiger partial charge in [0, 0.05) is 11.1 Å². The number of carbonyl (C=O) groups excluding carboxylic acids is 1. The van der Waals surface area contributed by atoms with Gasteiger partial charge in [-0.2, -0.15) is 0 Å². The molecular formula is C21H19N5O4. The van der Waals surface area contributed by atoms with Crippen molar-refractivity contribution < 1.29 is 14.3 Å². The summed E-state index contributed by atoms with van der Waals surface area (Å²) in [4.78, 5) is 24.7. The fourth-order valence-corrected chi connectivity index (χ4v) is 3.22. The fourth-order valence-electron chi connectivity index (χ4n) is 3.22. The van der Waals surface area contributed by atoms with Crippen LogP contribution in [0.25, 0.3) is 28.3 Å². The van der Waals surface area contributed by atoms with Crippen molar-refractivity contribution in [2.24, 2.45) is 0 Å². The van der Waals surface area contributed by atoms with Crippen molar-refractivity contribution in [1.29, 1.82) is 0 Å². The molecular weight excluding hydrogens is 386 g/mol. The number of nitrogens with zero attached hydrogens (tertiary/aromatic N) is 5. The van der Waals surface area contributed by atoms with Gasteiger partial charge in [-0.1, -0.05) is 24.3 Å². The molecule has 2 aromatic carbocycles. The maximum atomic E-state index is 13.1. The number of hydrogen-bond acceptors (Lipinski definition) is 7. The van der Waals surface area contributed by atoms with Gasteiger partial charge in [-0.3, -0.25) is 4.79 Å². The summed E-state index contributed by atoms with van der Waals surface area (Å²) in [6.45, 7) is 1.25. The van der Waals surface area contributed by atoms with Crippen LogP contribution in [0.5, 0.6) is 11.5 Å². The first kappa shape index (κ1) is 19.3. The number of hydrogen-bond donors (Lipinski definition) is 0. The van der Waals surface area contributed by atoms with Crippen LogP contribution in [0.15, 0.2) is 53.3 Å². The summed E-state index contributed by atoms with van der Waals surface area (Å²) < 4.78 is 13.1. The summed E-state index contributed by atoms with van der Waals surface area (Å²) >= 11 is 0. The highest BCUT2D eigenvalue weighted by atomic mass is 16.5. The van der Waals surface area contributed by atoms with E-state index in [0.717, 1.165) is 4.68 Å². The van der Waals surface area contributed by atoms with Crippen molar-refractivity contribution in [2.45, 2.75) is 13.5 Å². The largest absolute Gasteiger partial charge is 0.497 e. The van der Waals surface area contributed by atoms with E-state index < -0.39 is 5.69 Å². The van der Waals surface area contributed by atoms with Crippen molar-refractivity contribution in [3.8, 4) is 34.0 Å². The van der Waals surface area contributed by atoms with E-state index in [1.807, 2.05) is 42.5 Å². The molecule has 2 heterocycles. The average Bonchev–Trinajstić information content (AvgIpc) is 3.08. The summed E-state index contributed by atoms with van der Waals surface area (Å²) in [6, 6.07) is 14.6. The molecule has 0 saturated heterocycles. The van der Waals surface area contributed by atoms with E-state index in [9.17, 15) is 9.59 Å². The Morgan fingerprint density at radius 1 is 0.967 bits per heavy atom. The maximum Gasteiger partial charge on any atom is 0.352 e. The van der Waals surface area contributed by atoms with Crippen molar-refractivity contribution in [2.75, 3.05) is 14.2 Å². The Balaban J connectivity index is 2.07. The number of Topliss-reactive ketones (excluding diaryl/α,β-unsaturated/α-hetero) is 1. The predicted molar refractivity (Wildman–Crippen MR) is 110 cm³/mol. The quantitative estimate of drug-likeness (QED) is 0.485. The highest BCUT2D eigenvalue weighted by molar-refractivity contribution is 5.80. The van der Waals surface area contributed by atoms with Crippen LogP contribution in [0.4, 0.5) is 0 Å². The second kappa shape index (κ2) is 7.78. The molecule has 0 radical (unpaired) electrons. The van der Waals surface area contributed by atoms with Crippen LogP contribution in [-0.4, -0.2) is 44.4 Å². The van der Waals surface area contributed by atoms with Crippen LogP contribution in [0.3, 0.4) is 0 Å². The van der Waals surface area contributed by atoms with Gasteiger partial charge >= 0.3 is 5.69 Å². The molecule has 0 N–H and O–H groups in total. The van der Waals surface area contributed by atoms with Gasteiger partial charge in [0.05, 0.1) is 19.9 Å². The van der Waals surface area contributed by atoms with Gasteiger partial charge < -0.3 is 9.47 Å². The van der Waals surface area contributed by atoms with Crippen molar-refractivity contribution in [3.63, 3.8) is 0 Å². The predicted octanol–water partition coefficient (Wildman–Crippen LogP) is 2.23. The second-order valence-electron chi connectivity index (χ2n) is 6.64. The minimum absolute atomic E-state index is 0.103. The molecule has 0 amide bonds. The van der Waals surface area contributed by atoms with Gasteiger partial charge in [0.15, 0.2) is 5.78 Å². The van der Waals surface area contributed by atoms with Gasteiger partial charge in [0.2, 0.25) is 0 Å². The van der Waals surface area contributed by atoms with E-state index in [0.29, 0.717) is 34.0 Å². The number of ketones is 1. The molecule has 2 aromatic heterocycles. The number of methoxy groups -OCH3 is 2. The Labute approximate surface area is 171 Å². The molecule has 4 aromatic rings. The topological polar surface area (TPSA) is 101 Å². The summed E-state index contributed by atoms with van der Waals surface area (Å²) in [7, 11) is 3.15. The third-order valence-electron chi connectivity index (χ3n) is 4.57. The second-order valence-corrected chi connectivity index (χ2v) is 6.64. The Bertz CT molecular complexity index is 1310. The molecule has 9 heteroatoms. The van der Waals surface area contributed by atoms with Gasteiger partial charge in [-0.15, -0.1) is 15.3 Å². The molecule has 9 nitrogen and oxygen atoms in total. The monoisotopic (exact) mass is 405 g/mol. The Morgan fingerprint density at radius 2 is 1.60 bits per heavy atom. The number of aromatic nitrogens is 5. The molecule has 0 aliphatic heterocycles. The van der Waals surface area contributed by atoms with Crippen molar-refractivity contribution >= 4 is 11.6 Å². The molecule has 0 bridgehead atoms. The Hall–Kier alpha value is -4.01. The van der Waals surface area contributed by atoms with Crippen LogP contribution in [0.2, 0.25) is 0 Å². The molecule has 4 rings (SSSR count). The third-order valence-corrected chi connectivity index (χ3v) is 4.57. The maximum absolute atomic E-state index is 13.1. The standard InChI is InChI=1S/C21H19N5O4/c1-13(27)12-25-21(28)26-19(15-7-5-9-17(11-15)30-3)18(22-23-20(26)24-25)14-6-4-8-16(10-14)29-2/h4-11H,12H2,1-3H3. The Morgan fingerprint density at radius 3 is 2.23 bits per heavy atom. The molecule has 0 spiro atoms.